The molecule has 0 rings (SSSR count). The van der Waals surface area contributed by atoms with Crippen molar-refractivity contribution in [1.82, 2.24) is 0 Å². The van der Waals surface area contributed by atoms with Crippen LogP contribution in [-0.2, 0) is 33.3 Å². The van der Waals surface area contributed by atoms with Gasteiger partial charge in [0.25, 0.3) is 6.29 Å². The highest BCUT2D eigenvalue weighted by Crippen LogP contribution is 2.15. The van der Waals surface area contributed by atoms with Crippen molar-refractivity contribution in [3.8, 4) is 0 Å². The Kier molecular flexibility index (Phi) is 75.4. The van der Waals surface area contributed by atoms with Crippen LogP contribution in [0.25, 0.3) is 0 Å². The van der Waals surface area contributed by atoms with E-state index in [2.05, 4.69) is 257 Å². The van der Waals surface area contributed by atoms with Gasteiger partial charge in [0.15, 0.2) is 6.10 Å². The van der Waals surface area contributed by atoms with Crippen LogP contribution in [0.4, 0.5) is 0 Å². The maximum atomic E-state index is 13.0. The van der Waals surface area contributed by atoms with Crippen LogP contribution < -0.4 is 0 Å². The number of quaternary nitrogens is 1. The number of carbonyl (C=O) groups excluding carboxylic acids is 2. The van der Waals surface area contributed by atoms with Gasteiger partial charge < -0.3 is 28.5 Å². The van der Waals surface area contributed by atoms with Gasteiger partial charge in [0.1, 0.15) is 13.2 Å². The van der Waals surface area contributed by atoms with E-state index in [1.807, 2.05) is 21.1 Å². The highest BCUT2D eigenvalue weighted by atomic mass is 16.7. The Morgan fingerprint density at radius 3 is 0.777 bits per heavy atom. The quantitative estimate of drug-likeness (QED) is 0.0211. The zero-order chi connectivity index (χ0) is 74.6. The molecule has 1 N–H and O–H groups in total. The number of nitrogens with zero attached hydrogens (tertiary/aromatic N) is 1. The van der Waals surface area contributed by atoms with E-state index in [1.165, 1.54) is 51.4 Å². The van der Waals surface area contributed by atoms with E-state index in [9.17, 15) is 19.5 Å². The fourth-order valence-corrected chi connectivity index (χ4v) is 10.1. The van der Waals surface area contributed by atoms with Gasteiger partial charge in [0.05, 0.1) is 34.4 Å². The number of allylic oxidation sites excluding steroid dienone is 40. The maximum absolute atomic E-state index is 13.0. The summed E-state index contributed by atoms with van der Waals surface area (Å²) in [4.78, 5) is 37.8. The molecule has 0 spiro atoms. The third-order valence-electron chi connectivity index (χ3n) is 16.1. The number of esters is 2. The largest absolute Gasteiger partial charge is 0.477 e. The topological polar surface area (TPSA) is 108 Å². The van der Waals surface area contributed by atoms with E-state index in [-0.39, 0.29) is 38.6 Å². The van der Waals surface area contributed by atoms with Gasteiger partial charge in [-0.15, -0.1) is 0 Å². The summed E-state index contributed by atoms with van der Waals surface area (Å²) in [6, 6.07) is 0. The Hall–Kier alpha value is -6.91. The van der Waals surface area contributed by atoms with Crippen LogP contribution in [0.3, 0.4) is 0 Å². The number of hydrogen-bond acceptors (Lipinski definition) is 7. The number of aliphatic carboxylic acids is 1. The molecule has 0 aromatic rings. The van der Waals surface area contributed by atoms with E-state index in [1.54, 1.807) is 0 Å². The highest BCUT2D eigenvalue weighted by Gasteiger charge is 2.25. The molecule has 9 nitrogen and oxygen atoms in total. The molecule has 0 aliphatic heterocycles. The number of carboxylic acid groups (broad SMARTS) is 1. The Morgan fingerprint density at radius 2 is 0.524 bits per heavy atom. The number of rotatable bonds is 71. The van der Waals surface area contributed by atoms with Crippen molar-refractivity contribution in [2.45, 2.75) is 283 Å². The molecular weight excluding hydrogens is 1270 g/mol. The lowest BCUT2D eigenvalue weighted by Crippen LogP contribution is -2.40. The third-order valence-corrected chi connectivity index (χ3v) is 16.1. The second-order valence-electron chi connectivity index (χ2n) is 26.9. The van der Waals surface area contributed by atoms with Crippen molar-refractivity contribution >= 4 is 17.9 Å². The van der Waals surface area contributed by atoms with Gasteiger partial charge in [-0.05, 0) is 167 Å². The van der Waals surface area contributed by atoms with Crippen molar-refractivity contribution in [2.24, 2.45) is 0 Å². The molecule has 0 aromatic carbocycles. The lowest BCUT2D eigenvalue weighted by atomic mass is 10.1. The molecule has 0 bridgehead atoms. The molecule has 0 fully saturated rings. The Bertz CT molecular complexity index is 2610. The molecule has 9 heteroatoms. The summed E-state index contributed by atoms with van der Waals surface area (Å²) in [5.41, 5.74) is 0. The van der Waals surface area contributed by atoms with Gasteiger partial charge in [-0.25, -0.2) is 4.79 Å². The van der Waals surface area contributed by atoms with E-state index in [0.29, 0.717) is 17.4 Å². The van der Waals surface area contributed by atoms with Crippen LogP contribution in [0.15, 0.2) is 243 Å². The van der Waals surface area contributed by atoms with Crippen LogP contribution in [0.1, 0.15) is 271 Å². The minimum Gasteiger partial charge on any atom is -0.477 e. The average molecular weight is 1420 g/mol. The third kappa shape index (κ3) is 82.3. The summed E-state index contributed by atoms with van der Waals surface area (Å²) in [6.07, 6.45) is 127. The van der Waals surface area contributed by atoms with Crippen molar-refractivity contribution in [3.05, 3.63) is 243 Å². The molecule has 574 valence electrons. The fourth-order valence-electron chi connectivity index (χ4n) is 10.1. The minimum atomic E-state index is -1.53. The molecule has 0 aliphatic rings. The average Bonchev–Trinajstić information content (AvgIpc) is 1.01. The summed E-state index contributed by atoms with van der Waals surface area (Å²) >= 11 is 0. The summed E-state index contributed by atoms with van der Waals surface area (Å²) < 4.78 is 23.0. The zero-order valence-corrected chi connectivity index (χ0v) is 65.6. The minimum absolute atomic E-state index is 0.171. The van der Waals surface area contributed by atoms with Gasteiger partial charge in [0.2, 0.25) is 0 Å². The molecule has 0 aromatic heterocycles. The van der Waals surface area contributed by atoms with E-state index >= 15 is 0 Å². The van der Waals surface area contributed by atoms with Crippen LogP contribution in [-0.4, -0.2) is 87.4 Å². The molecule has 2 atom stereocenters. The van der Waals surface area contributed by atoms with E-state index in [0.717, 1.165) is 186 Å². The first-order chi connectivity index (χ1) is 50.6. The van der Waals surface area contributed by atoms with Crippen molar-refractivity contribution in [2.75, 3.05) is 47.5 Å². The van der Waals surface area contributed by atoms with Gasteiger partial charge in [0, 0.05) is 12.8 Å². The van der Waals surface area contributed by atoms with Crippen LogP contribution in [0.5, 0.6) is 0 Å². The van der Waals surface area contributed by atoms with Gasteiger partial charge in [-0.1, -0.05) is 334 Å². The number of hydrogen-bond donors (Lipinski definition) is 1. The van der Waals surface area contributed by atoms with Gasteiger partial charge in [-0.3, -0.25) is 9.59 Å². The number of ether oxygens (including phenoxy) is 4. The fraction of sp³-hybridized carbons (Fsp3) is 0.543. The molecule has 0 amide bonds. The predicted molar refractivity (Wildman–Crippen MR) is 446 cm³/mol. The van der Waals surface area contributed by atoms with E-state index in [4.69, 9.17) is 18.9 Å². The van der Waals surface area contributed by atoms with Crippen LogP contribution >= 0.6 is 0 Å². The molecule has 0 radical (unpaired) electrons. The molecule has 0 heterocycles. The first-order valence-corrected chi connectivity index (χ1v) is 40.2. The Labute approximate surface area is 631 Å². The van der Waals surface area contributed by atoms with Crippen molar-refractivity contribution in [3.63, 3.8) is 0 Å². The second-order valence-corrected chi connectivity index (χ2v) is 26.9. The normalized spacial score (nSPS) is 14.0. The summed E-state index contributed by atoms with van der Waals surface area (Å²) in [6.45, 7) is 4.60. The lowest BCUT2D eigenvalue weighted by Gasteiger charge is -2.25. The number of likely N-dealkylation sites (N-methyl/N-ethyl adjacent to an activating group) is 1. The maximum Gasteiger partial charge on any atom is 0.361 e. The Morgan fingerprint density at radius 1 is 0.291 bits per heavy atom. The number of carboxylic acids is 1. The SMILES string of the molecule is CC/C=C\C/C=C\C/C=C\C/C=C\C/C=C\C/C=C\C/C=C\C/C=C\C/C=C\C/C=C\C/C=C\CCCCCCCCCC(=O)OC(COC(=O)CCCCCCCCCCC/C=C\C/C=C\C/C=C\C/C=C\C/C=C\C/C=C\C/C=C\C/C=C\C/C=C\CC)COC(OCC[N+](C)(C)C)C(=O)O. The first kappa shape index (κ1) is 96.1. The van der Waals surface area contributed by atoms with Crippen molar-refractivity contribution < 1.29 is 42.9 Å². The highest BCUT2D eigenvalue weighted by molar-refractivity contribution is 5.71. The summed E-state index contributed by atoms with van der Waals surface area (Å²) in [7, 11) is 5.96. The van der Waals surface area contributed by atoms with Gasteiger partial charge >= 0.3 is 17.9 Å². The Balaban J connectivity index is 4.20. The molecule has 0 saturated heterocycles. The molecular formula is C94H146NO8+. The predicted octanol–water partition coefficient (Wildman–Crippen LogP) is 26.4. The molecule has 0 aliphatic carbocycles. The van der Waals surface area contributed by atoms with Gasteiger partial charge in [-0.2, -0.15) is 0 Å². The molecule has 2 unspecified atom stereocenters. The molecule has 103 heavy (non-hydrogen) atoms. The smallest absolute Gasteiger partial charge is 0.361 e. The monoisotopic (exact) mass is 1420 g/mol. The summed E-state index contributed by atoms with van der Waals surface area (Å²) in [5.74, 6) is -2.05. The van der Waals surface area contributed by atoms with Crippen molar-refractivity contribution in [1.29, 1.82) is 0 Å². The number of unbranched alkanes of at least 4 members (excludes halogenated alkanes) is 16. The first-order valence-electron chi connectivity index (χ1n) is 40.2. The zero-order valence-electron chi connectivity index (χ0n) is 65.6. The number of carbonyl (C=O) groups is 3. The van der Waals surface area contributed by atoms with E-state index < -0.39 is 24.3 Å². The van der Waals surface area contributed by atoms with Crippen LogP contribution in [0, 0.1) is 0 Å². The van der Waals surface area contributed by atoms with Crippen LogP contribution in [0.2, 0.25) is 0 Å². The molecule has 0 saturated carbocycles. The standard InChI is InChI=1S/C94H145NO8/c1-6-8-10-12-14-16-18-20-22-24-26-28-30-32-34-36-38-40-42-44-45-46-47-49-51-53-55-57-59-61-63-65-67-69-71-73-75-77-79-81-83-85-92(97)103-90(89-102-94(93(98)99)100-87-86-95(3,4)5)88-101-91(96)84-82-80-78-76-74-72-70-68-66-64-62-60-58-56-54-52-50-48-43-41-39-37-35-33-31-29-27-25-23-21-19-17-15-13-11-9-7-2/h8-11,14-17,20-23,26-29,32-35,38-41,44-45,47-50,53-56,59-62,65,67,90,94H,6-7,12-13,18-19,24-25,30-31,36-37,42-43,46,51-52,57-58,63-64,66,68-89H2,1-5H3/p+1/b10-8-,11-9-,16-14-,17-15-,22-20-,23-21-,28-26-,29-27-,34-32-,35-33-,40-38-,41-39-,45-44-,49-47-,50-48-,55-53-,56-54-,61-59-,62-60-,67-65-. The summed E-state index contributed by atoms with van der Waals surface area (Å²) in [5, 5.41) is 9.78. The lowest BCUT2D eigenvalue weighted by molar-refractivity contribution is -0.870. The second kappa shape index (κ2) is 80.8.